The average Bonchev–Trinajstić information content (AvgIpc) is 3.70. The molecule has 3 aliphatic rings. The predicted molar refractivity (Wildman–Crippen MR) is 124 cm³/mol. The van der Waals surface area contributed by atoms with Crippen molar-refractivity contribution in [3.05, 3.63) is 47.4 Å². The largest absolute Gasteiger partial charge is 0.474 e. The summed E-state index contributed by atoms with van der Waals surface area (Å²) in [6.07, 6.45) is 8.29. The van der Waals surface area contributed by atoms with Crippen LogP contribution in [0.25, 0.3) is 10.8 Å². The van der Waals surface area contributed by atoms with E-state index in [4.69, 9.17) is 15.2 Å². The number of carbonyl (C=O) groups is 1. The molecule has 3 N–H and O–H groups in total. The number of cyclic esters (lactones) is 1. The number of rotatable bonds is 6. The van der Waals surface area contributed by atoms with E-state index >= 15 is 0 Å². The first-order valence-electron chi connectivity index (χ1n) is 11.6. The van der Waals surface area contributed by atoms with Gasteiger partial charge in [-0.2, -0.15) is 0 Å². The second kappa shape index (κ2) is 7.38. The number of hydrogen-bond acceptors (Lipinski definition) is 8. The summed E-state index contributed by atoms with van der Waals surface area (Å²) in [4.78, 5) is 25.9. The van der Waals surface area contributed by atoms with Crippen LogP contribution in [0.15, 0.2) is 30.6 Å². The smallest absolute Gasteiger partial charge is 0.340 e. The number of hydrogen-bond donors (Lipinski definition) is 2. The molecular weight excluding hydrogens is 418 g/mol. The monoisotopic (exact) mass is 445 g/mol. The van der Waals surface area contributed by atoms with E-state index in [1.165, 1.54) is 0 Å². The lowest BCUT2D eigenvalue weighted by molar-refractivity contribution is 0.0445. The maximum Gasteiger partial charge on any atom is 0.340 e. The molecule has 0 radical (unpaired) electrons. The summed E-state index contributed by atoms with van der Waals surface area (Å²) in [5, 5.41) is 5.16. The van der Waals surface area contributed by atoms with Crippen molar-refractivity contribution in [3.63, 3.8) is 0 Å². The zero-order valence-corrected chi connectivity index (χ0v) is 18.8. The molecule has 6 rings (SSSR count). The molecule has 2 fully saturated rings. The zero-order chi connectivity index (χ0) is 22.7. The van der Waals surface area contributed by atoms with Crippen molar-refractivity contribution >= 4 is 28.4 Å². The Bertz CT molecular complexity index is 1270. The normalized spacial score (nSPS) is 21.8. The van der Waals surface area contributed by atoms with Crippen molar-refractivity contribution in [2.24, 2.45) is 11.7 Å². The molecule has 170 valence electrons. The van der Waals surface area contributed by atoms with Gasteiger partial charge in [-0.25, -0.2) is 19.7 Å². The summed E-state index contributed by atoms with van der Waals surface area (Å²) in [5.74, 6) is 2.06. The van der Waals surface area contributed by atoms with Crippen LogP contribution in [0.4, 0.5) is 11.6 Å². The van der Waals surface area contributed by atoms with E-state index in [0.29, 0.717) is 35.6 Å². The van der Waals surface area contributed by atoms with E-state index in [1.54, 1.807) is 18.3 Å². The fraction of sp³-hybridized carbons (Fsp3) is 0.440. The van der Waals surface area contributed by atoms with Gasteiger partial charge in [-0.3, -0.25) is 0 Å². The van der Waals surface area contributed by atoms with Gasteiger partial charge in [0.2, 0.25) is 5.88 Å². The first kappa shape index (κ1) is 20.4. The van der Waals surface area contributed by atoms with Crippen LogP contribution in [0.5, 0.6) is 5.88 Å². The lowest BCUT2D eigenvalue weighted by atomic mass is 9.86. The van der Waals surface area contributed by atoms with Crippen LogP contribution in [0.1, 0.15) is 67.1 Å². The molecule has 8 nitrogen and oxygen atoms in total. The van der Waals surface area contributed by atoms with Crippen molar-refractivity contribution in [3.8, 4) is 5.88 Å². The van der Waals surface area contributed by atoms with Crippen LogP contribution in [0.2, 0.25) is 0 Å². The van der Waals surface area contributed by atoms with Gasteiger partial charge in [0.1, 0.15) is 17.7 Å². The Morgan fingerprint density at radius 2 is 1.94 bits per heavy atom. The molecule has 3 aromatic heterocycles. The van der Waals surface area contributed by atoms with E-state index in [-0.39, 0.29) is 18.0 Å². The van der Waals surface area contributed by atoms with Crippen molar-refractivity contribution < 1.29 is 14.3 Å². The van der Waals surface area contributed by atoms with E-state index in [0.717, 1.165) is 47.7 Å². The highest BCUT2D eigenvalue weighted by Gasteiger charge is 2.41. The number of aromatic nitrogens is 3. The van der Waals surface area contributed by atoms with E-state index in [2.05, 4.69) is 27.2 Å². The number of esters is 1. The number of anilines is 2. The maximum atomic E-state index is 12.0. The fourth-order valence-electron chi connectivity index (χ4n) is 4.53. The van der Waals surface area contributed by atoms with E-state index < -0.39 is 5.54 Å². The van der Waals surface area contributed by atoms with Crippen LogP contribution in [-0.2, 0) is 10.3 Å². The molecule has 0 bridgehead atoms. The maximum absolute atomic E-state index is 12.0. The number of fused-ring (bicyclic) bond motifs is 2. The number of ether oxygens (including phenoxy) is 2. The van der Waals surface area contributed by atoms with Crippen LogP contribution < -0.4 is 15.8 Å². The Morgan fingerprint density at radius 1 is 1.12 bits per heavy atom. The highest BCUT2D eigenvalue weighted by Crippen LogP contribution is 2.46. The van der Waals surface area contributed by atoms with Gasteiger partial charge in [-0.1, -0.05) is 6.92 Å². The molecule has 1 unspecified atom stereocenters. The Hall–Kier alpha value is -3.26. The Balaban J connectivity index is 1.40. The molecule has 0 amide bonds. The highest BCUT2D eigenvalue weighted by molar-refractivity contribution is 5.93. The summed E-state index contributed by atoms with van der Waals surface area (Å²) in [6, 6.07) is 5.53. The second-order valence-corrected chi connectivity index (χ2v) is 9.72. The van der Waals surface area contributed by atoms with Crippen molar-refractivity contribution in [1.29, 1.82) is 0 Å². The minimum Gasteiger partial charge on any atom is -0.474 e. The molecule has 0 aromatic carbocycles. The highest BCUT2D eigenvalue weighted by atomic mass is 16.5. The summed E-state index contributed by atoms with van der Waals surface area (Å²) in [7, 11) is 0. The third-order valence-corrected chi connectivity index (χ3v) is 6.88. The minimum absolute atomic E-state index is 0.0420. The minimum atomic E-state index is -0.470. The quantitative estimate of drug-likeness (QED) is 0.544. The Kier molecular flexibility index (Phi) is 4.55. The van der Waals surface area contributed by atoms with Gasteiger partial charge in [0, 0.05) is 23.9 Å². The van der Waals surface area contributed by atoms with Gasteiger partial charge in [0.05, 0.1) is 23.3 Å². The van der Waals surface area contributed by atoms with Crippen LogP contribution >= 0.6 is 0 Å². The lowest BCUT2D eigenvalue weighted by Gasteiger charge is -2.27. The van der Waals surface area contributed by atoms with Gasteiger partial charge in [0.25, 0.3) is 0 Å². The van der Waals surface area contributed by atoms with E-state index in [1.807, 2.05) is 19.2 Å². The molecule has 0 spiro atoms. The molecule has 8 heteroatoms. The lowest BCUT2D eigenvalue weighted by Crippen LogP contribution is -2.35. The summed E-state index contributed by atoms with van der Waals surface area (Å²) >= 11 is 0. The molecule has 2 atom stereocenters. The molecule has 2 saturated carbocycles. The van der Waals surface area contributed by atoms with Gasteiger partial charge >= 0.3 is 5.97 Å². The molecule has 4 heterocycles. The Morgan fingerprint density at radius 3 is 2.70 bits per heavy atom. The molecule has 0 saturated heterocycles. The number of carbonyl (C=O) groups excluding carboxylic acids is 1. The number of pyridine rings is 3. The van der Waals surface area contributed by atoms with E-state index in [9.17, 15) is 4.79 Å². The molecule has 3 aromatic rings. The average molecular weight is 446 g/mol. The Labute approximate surface area is 191 Å². The number of nitrogens with two attached hydrogens (primary N) is 1. The summed E-state index contributed by atoms with van der Waals surface area (Å²) < 4.78 is 11.3. The number of nitrogens with zero attached hydrogens (tertiary/aromatic N) is 3. The SMILES string of the molecule is C[C@@H]1COC(=O)c2ccc(Nc3cc4c(C(C)(N)C5CC5)cnc(OC5CC5)c4cn3)nc21. The molecule has 1 aliphatic heterocycles. The second-order valence-electron chi connectivity index (χ2n) is 9.72. The summed E-state index contributed by atoms with van der Waals surface area (Å²) in [6.45, 7) is 4.42. The van der Waals surface area contributed by atoms with Gasteiger partial charge in [0.15, 0.2) is 0 Å². The molecular formula is C25H27N5O3. The first-order chi connectivity index (χ1) is 15.9. The van der Waals surface area contributed by atoms with Crippen molar-refractivity contribution in [2.45, 2.75) is 57.1 Å². The topological polar surface area (TPSA) is 112 Å². The third kappa shape index (κ3) is 3.68. The van der Waals surface area contributed by atoms with Crippen LogP contribution in [0.3, 0.4) is 0 Å². The number of nitrogens with one attached hydrogen (secondary N) is 1. The van der Waals surface area contributed by atoms with Crippen LogP contribution in [0, 0.1) is 5.92 Å². The zero-order valence-electron chi connectivity index (χ0n) is 18.8. The molecule has 2 aliphatic carbocycles. The van der Waals surface area contributed by atoms with Crippen molar-refractivity contribution in [1.82, 2.24) is 15.0 Å². The van der Waals surface area contributed by atoms with Gasteiger partial charge < -0.3 is 20.5 Å². The third-order valence-electron chi connectivity index (χ3n) is 6.88. The fourth-order valence-corrected chi connectivity index (χ4v) is 4.53. The first-order valence-corrected chi connectivity index (χ1v) is 11.6. The van der Waals surface area contributed by atoms with Crippen LogP contribution in [-0.4, -0.2) is 33.6 Å². The van der Waals surface area contributed by atoms with Crippen molar-refractivity contribution in [2.75, 3.05) is 11.9 Å². The van der Waals surface area contributed by atoms with Gasteiger partial charge in [-0.05, 0) is 67.7 Å². The standard InChI is InChI=1S/C25H27N5O3/c1-13-12-32-24(31)16-7-8-20(30-22(13)16)29-21-9-17-18(10-27-21)23(33-15-5-6-15)28-11-19(17)25(2,26)14-3-4-14/h7-11,13-15H,3-6,12,26H2,1-2H3,(H,27,29,30)/t13-,25?/m1/s1. The van der Waals surface area contributed by atoms with Gasteiger partial charge in [-0.15, -0.1) is 0 Å². The summed E-state index contributed by atoms with van der Waals surface area (Å²) in [5.41, 5.74) is 8.59. The predicted octanol–water partition coefficient (Wildman–Crippen LogP) is 4.17. The molecule has 33 heavy (non-hydrogen) atoms.